The molecule has 0 aliphatic rings. The summed E-state index contributed by atoms with van der Waals surface area (Å²) in [5.41, 5.74) is 0.369. The SMILES string of the molecule is Cc1[nH][nH]c2nc(CCCCO)c3c(F)cc(=O)c(F)c3c12. The number of aryl methyl sites for hydroxylation is 2. The summed E-state index contributed by atoms with van der Waals surface area (Å²) in [5, 5.41) is 14.9. The number of fused-ring (bicyclic) bond motifs is 3. The largest absolute Gasteiger partial charge is 0.396 e. The second-order valence-electron chi connectivity index (χ2n) is 5.26. The fourth-order valence-corrected chi connectivity index (χ4v) is 2.74. The number of aromatic nitrogens is 3. The van der Waals surface area contributed by atoms with Gasteiger partial charge in [-0.05, 0) is 26.2 Å². The van der Waals surface area contributed by atoms with Gasteiger partial charge in [-0.2, -0.15) is 0 Å². The van der Waals surface area contributed by atoms with Crippen LogP contribution in [0, 0.1) is 18.6 Å². The fourth-order valence-electron chi connectivity index (χ4n) is 2.74. The molecule has 0 atom stereocenters. The Hall–Kier alpha value is -2.28. The van der Waals surface area contributed by atoms with Crippen LogP contribution in [0.4, 0.5) is 8.78 Å². The summed E-state index contributed by atoms with van der Waals surface area (Å²) in [6.45, 7) is 1.72. The minimum atomic E-state index is -0.973. The van der Waals surface area contributed by atoms with Gasteiger partial charge in [0.15, 0.2) is 11.5 Å². The standard InChI is InChI=1S/C15H15F2N3O2/c1-7-11-13-12(8(16)6-10(22)14(13)17)9(4-2-3-5-21)18-15(11)20-19-7/h6,21H,2-5H2,1H3,(H2,18,19,20). The van der Waals surface area contributed by atoms with Crippen molar-refractivity contribution in [3.05, 3.63) is 39.3 Å². The van der Waals surface area contributed by atoms with E-state index in [4.69, 9.17) is 5.11 Å². The van der Waals surface area contributed by atoms with Crippen molar-refractivity contribution in [1.29, 1.82) is 0 Å². The predicted molar refractivity (Wildman–Crippen MR) is 78.9 cm³/mol. The van der Waals surface area contributed by atoms with Gasteiger partial charge in [-0.15, -0.1) is 0 Å². The minimum Gasteiger partial charge on any atom is -0.396 e. The number of pyridine rings is 1. The highest BCUT2D eigenvalue weighted by atomic mass is 19.1. The van der Waals surface area contributed by atoms with E-state index in [0.29, 0.717) is 47.8 Å². The van der Waals surface area contributed by atoms with E-state index in [-0.39, 0.29) is 17.4 Å². The van der Waals surface area contributed by atoms with Crippen molar-refractivity contribution in [3.8, 4) is 0 Å². The lowest BCUT2D eigenvalue weighted by Crippen LogP contribution is -2.09. The Kier molecular flexibility index (Phi) is 3.66. The van der Waals surface area contributed by atoms with Crippen molar-refractivity contribution in [2.75, 3.05) is 6.61 Å². The van der Waals surface area contributed by atoms with Crippen LogP contribution in [-0.4, -0.2) is 26.9 Å². The molecule has 116 valence electrons. The number of halogens is 2. The van der Waals surface area contributed by atoms with Crippen molar-refractivity contribution in [2.45, 2.75) is 26.2 Å². The molecule has 0 spiro atoms. The van der Waals surface area contributed by atoms with E-state index in [1.54, 1.807) is 6.92 Å². The Bertz CT molecular complexity index is 915. The average Bonchev–Trinajstić information content (AvgIpc) is 2.85. The van der Waals surface area contributed by atoms with E-state index in [9.17, 15) is 13.6 Å². The van der Waals surface area contributed by atoms with Gasteiger partial charge in [-0.1, -0.05) is 0 Å². The quantitative estimate of drug-likeness (QED) is 0.647. The molecule has 2 aromatic heterocycles. The number of aliphatic hydroxyl groups excluding tert-OH is 1. The summed E-state index contributed by atoms with van der Waals surface area (Å²) in [4.78, 5) is 16.0. The zero-order valence-corrected chi connectivity index (χ0v) is 12.0. The predicted octanol–water partition coefficient (Wildman–Crippen LogP) is 2.31. The van der Waals surface area contributed by atoms with Crippen molar-refractivity contribution in [3.63, 3.8) is 0 Å². The Labute approximate surface area is 124 Å². The van der Waals surface area contributed by atoms with E-state index in [2.05, 4.69) is 15.2 Å². The lowest BCUT2D eigenvalue weighted by atomic mass is 10.0. The number of unbranched alkanes of at least 4 members (excludes halogenated alkanes) is 1. The number of aliphatic hydroxyl groups is 1. The molecule has 0 fully saturated rings. The van der Waals surface area contributed by atoms with Crippen LogP contribution in [0.25, 0.3) is 21.8 Å². The normalized spacial score (nSPS) is 11.6. The molecule has 0 unspecified atom stereocenters. The number of aromatic amines is 2. The Morgan fingerprint density at radius 3 is 2.68 bits per heavy atom. The second-order valence-corrected chi connectivity index (χ2v) is 5.26. The Morgan fingerprint density at radius 2 is 1.95 bits per heavy atom. The molecule has 2 heterocycles. The lowest BCUT2D eigenvalue weighted by Gasteiger charge is -2.09. The van der Waals surface area contributed by atoms with Crippen LogP contribution in [0.5, 0.6) is 0 Å². The molecule has 0 saturated heterocycles. The molecule has 7 heteroatoms. The summed E-state index contributed by atoms with van der Waals surface area (Å²) < 4.78 is 28.6. The van der Waals surface area contributed by atoms with E-state index >= 15 is 0 Å². The van der Waals surface area contributed by atoms with Crippen LogP contribution < -0.4 is 5.43 Å². The van der Waals surface area contributed by atoms with Gasteiger partial charge in [0.1, 0.15) is 5.82 Å². The maximum absolute atomic E-state index is 14.4. The number of hydrogen-bond acceptors (Lipinski definition) is 3. The van der Waals surface area contributed by atoms with Gasteiger partial charge in [0.2, 0.25) is 5.43 Å². The number of hydrogen-bond donors (Lipinski definition) is 3. The third kappa shape index (κ3) is 2.18. The van der Waals surface area contributed by atoms with Gasteiger partial charge in [0.25, 0.3) is 0 Å². The number of nitrogens with zero attached hydrogens (tertiary/aromatic N) is 1. The monoisotopic (exact) mass is 307 g/mol. The molecule has 0 saturated carbocycles. The van der Waals surface area contributed by atoms with Crippen LogP contribution in [-0.2, 0) is 6.42 Å². The van der Waals surface area contributed by atoms with Gasteiger partial charge >= 0.3 is 0 Å². The van der Waals surface area contributed by atoms with Gasteiger partial charge in [0.05, 0.1) is 11.1 Å². The maximum Gasteiger partial charge on any atom is 0.217 e. The summed E-state index contributed by atoms with van der Waals surface area (Å²) in [5.74, 6) is -1.74. The van der Waals surface area contributed by atoms with Crippen LogP contribution in [0.1, 0.15) is 24.2 Å². The second kappa shape index (κ2) is 5.49. The summed E-state index contributed by atoms with van der Waals surface area (Å²) in [6.07, 6.45) is 1.52. The Balaban J connectivity index is 2.40. The number of H-pyrrole nitrogens is 2. The molecule has 0 bridgehead atoms. The molecule has 3 N–H and O–H groups in total. The molecule has 0 aliphatic heterocycles. The van der Waals surface area contributed by atoms with E-state index in [1.807, 2.05) is 0 Å². The van der Waals surface area contributed by atoms with Crippen LogP contribution >= 0.6 is 0 Å². The number of rotatable bonds is 4. The summed E-state index contributed by atoms with van der Waals surface area (Å²) >= 11 is 0. The van der Waals surface area contributed by atoms with Crippen molar-refractivity contribution in [1.82, 2.24) is 15.2 Å². The maximum atomic E-state index is 14.4. The fraction of sp³-hybridized carbons (Fsp3) is 0.333. The molecule has 5 nitrogen and oxygen atoms in total. The van der Waals surface area contributed by atoms with Crippen LogP contribution in [0.15, 0.2) is 10.9 Å². The molecule has 0 radical (unpaired) electrons. The summed E-state index contributed by atoms with van der Waals surface area (Å²) in [6, 6.07) is 0.659. The zero-order chi connectivity index (χ0) is 15.9. The van der Waals surface area contributed by atoms with Gasteiger partial charge < -0.3 is 10.2 Å². The highest BCUT2D eigenvalue weighted by Gasteiger charge is 2.20. The molecule has 0 amide bonds. The third-order valence-corrected chi connectivity index (χ3v) is 3.77. The first-order valence-electron chi connectivity index (χ1n) is 7.03. The van der Waals surface area contributed by atoms with E-state index in [0.717, 1.165) is 0 Å². The van der Waals surface area contributed by atoms with E-state index in [1.165, 1.54) is 0 Å². The molecular formula is C15H15F2N3O2. The smallest absolute Gasteiger partial charge is 0.217 e. The highest BCUT2D eigenvalue weighted by molar-refractivity contribution is 6.07. The number of nitrogens with one attached hydrogen (secondary N) is 2. The molecule has 3 aromatic rings. The zero-order valence-electron chi connectivity index (χ0n) is 12.0. The first kappa shape index (κ1) is 14.6. The first-order chi connectivity index (χ1) is 10.5. The van der Waals surface area contributed by atoms with Crippen LogP contribution in [0.3, 0.4) is 0 Å². The number of benzene rings is 1. The highest BCUT2D eigenvalue weighted by Crippen LogP contribution is 2.30. The first-order valence-corrected chi connectivity index (χ1v) is 7.03. The van der Waals surface area contributed by atoms with E-state index < -0.39 is 17.1 Å². The molecule has 1 aromatic carbocycles. The van der Waals surface area contributed by atoms with Gasteiger partial charge in [0, 0.05) is 29.1 Å². The van der Waals surface area contributed by atoms with Gasteiger partial charge in [-0.3, -0.25) is 9.89 Å². The lowest BCUT2D eigenvalue weighted by molar-refractivity contribution is 0.284. The molecular weight excluding hydrogens is 292 g/mol. The van der Waals surface area contributed by atoms with Crippen molar-refractivity contribution < 1.29 is 13.9 Å². The molecule has 3 rings (SSSR count). The third-order valence-electron chi connectivity index (χ3n) is 3.77. The van der Waals surface area contributed by atoms with Crippen LogP contribution in [0.2, 0.25) is 0 Å². The van der Waals surface area contributed by atoms with Crippen molar-refractivity contribution in [2.24, 2.45) is 0 Å². The average molecular weight is 307 g/mol. The van der Waals surface area contributed by atoms with Crippen molar-refractivity contribution >= 4 is 21.8 Å². The minimum absolute atomic E-state index is 0.0249. The topological polar surface area (TPSA) is 81.8 Å². The Morgan fingerprint density at radius 1 is 1.18 bits per heavy atom. The molecule has 0 aliphatic carbocycles. The summed E-state index contributed by atoms with van der Waals surface area (Å²) in [7, 11) is 0. The molecule has 22 heavy (non-hydrogen) atoms. The van der Waals surface area contributed by atoms with Gasteiger partial charge in [-0.25, -0.2) is 13.8 Å².